The summed E-state index contributed by atoms with van der Waals surface area (Å²) in [6, 6.07) is 0. The fourth-order valence-electron chi connectivity index (χ4n) is 5.88. The average molecular weight is 605 g/mol. The first-order chi connectivity index (χ1) is 21.0. The molecule has 252 valence electrons. The maximum atomic E-state index is 13.1. The third kappa shape index (κ3) is 31.8. The normalized spacial score (nSPS) is 12.3. The van der Waals surface area contributed by atoms with Crippen molar-refractivity contribution >= 4 is 18.0 Å². The first kappa shape index (κ1) is 41.5. The van der Waals surface area contributed by atoms with E-state index in [1.165, 1.54) is 109 Å². The smallest absolute Gasteiger partial charge is 0.306 e. The minimum Gasteiger partial charge on any atom is -0.463 e. The SMILES string of the molecule is CCCCCCCCC=CCCCCCCCC(=O)C(CCCCCC=O)CCCCCCCCCCC(=O)OC(C)C. The van der Waals surface area contributed by atoms with Crippen LogP contribution in [0.1, 0.15) is 207 Å². The van der Waals surface area contributed by atoms with Crippen molar-refractivity contribution in [2.24, 2.45) is 5.92 Å². The number of esters is 1. The number of allylic oxidation sites excluding steroid dienone is 2. The van der Waals surface area contributed by atoms with Crippen molar-refractivity contribution in [3.63, 3.8) is 0 Å². The van der Waals surface area contributed by atoms with E-state index in [0.29, 0.717) is 18.6 Å². The van der Waals surface area contributed by atoms with Crippen LogP contribution in [0.15, 0.2) is 12.2 Å². The maximum Gasteiger partial charge on any atom is 0.306 e. The Morgan fingerprint density at radius 3 is 1.47 bits per heavy atom. The number of aldehydes is 1. The Morgan fingerprint density at radius 1 is 0.535 bits per heavy atom. The predicted molar refractivity (Wildman–Crippen MR) is 184 cm³/mol. The van der Waals surface area contributed by atoms with E-state index in [1.807, 2.05) is 13.8 Å². The number of ketones is 1. The van der Waals surface area contributed by atoms with Gasteiger partial charge in [0, 0.05) is 25.2 Å². The Balaban J connectivity index is 3.95. The zero-order valence-corrected chi connectivity index (χ0v) is 29.0. The van der Waals surface area contributed by atoms with Gasteiger partial charge in [-0.05, 0) is 71.6 Å². The summed E-state index contributed by atoms with van der Waals surface area (Å²) >= 11 is 0. The summed E-state index contributed by atoms with van der Waals surface area (Å²) < 4.78 is 5.19. The van der Waals surface area contributed by atoms with Gasteiger partial charge in [-0.2, -0.15) is 0 Å². The fourth-order valence-corrected chi connectivity index (χ4v) is 5.88. The van der Waals surface area contributed by atoms with E-state index in [0.717, 1.165) is 70.5 Å². The lowest BCUT2D eigenvalue weighted by Crippen LogP contribution is -2.14. The van der Waals surface area contributed by atoms with Gasteiger partial charge in [-0.15, -0.1) is 0 Å². The Morgan fingerprint density at radius 2 is 0.953 bits per heavy atom. The predicted octanol–water partition coefficient (Wildman–Crippen LogP) is 12.2. The highest BCUT2D eigenvalue weighted by Gasteiger charge is 2.17. The number of unbranched alkanes of at least 4 members (excludes halogenated alkanes) is 21. The van der Waals surface area contributed by atoms with Crippen LogP contribution >= 0.6 is 0 Å². The van der Waals surface area contributed by atoms with Crippen LogP contribution in [-0.4, -0.2) is 24.1 Å². The van der Waals surface area contributed by atoms with Gasteiger partial charge in [0.2, 0.25) is 0 Å². The van der Waals surface area contributed by atoms with E-state index in [-0.39, 0.29) is 18.0 Å². The molecule has 0 rings (SSSR count). The molecule has 0 fully saturated rings. The number of carbonyl (C=O) groups excluding carboxylic acids is 3. The largest absolute Gasteiger partial charge is 0.463 e. The summed E-state index contributed by atoms with van der Waals surface area (Å²) in [5, 5.41) is 0. The molecular weight excluding hydrogens is 532 g/mol. The van der Waals surface area contributed by atoms with E-state index in [9.17, 15) is 14.4 Å². The maximum absolute atomic E-state index is 13.1. The molecule has 0 aliphatic rings. The number of rotatable bonds is 34. The van der Waals surface area contributed by atoms with Crippen molar-refractivity contribution in [2.45, 2.75) is 213 Å². The lowest BCUT2D eigenvalue weighted by molar-refractivity contribution is -0.147. The Labute approximate surface area is 268 Å². The van der Waals surface area contributed by atoms with Gasteiger partial charge in [-0.25, -0.2) is 0 Å². The number of ether oxygens (including phenoxy) is 1. The van der Waals surface area contributed by atoms with Gasteiger partial charge in [0.15, 0.2) is 0 Å². The molecule has 0 aliphatic heterocycles. The van der Waals surface area contributed by atoms with Gasteiger partial charge in [-0.1, -0.05) is 128 Å². The van der Waals surface area contributed by atoms with Crippen LogP contribution in [0.3, 0.4) is 0 Å². The van der Waals surface area contributed by atoms with Crippen LogP contribution in [0.5, 0.6) is 0 Å². The van der Waals surface area contributed by atoms with Crippen molar-refractivity contribution in [1.29, 1.82) is 0 Å². The Bertz CT molecular complexity index is 654. The zero-order valence-electron chi connectivity index (χ0n) is 29.0. The lowest BCUT2D eigenvalue weighted by atomic mass is 9.88. The number of Topliss-reactive ketones (excluding diaryl/α,β-unsaturated/α-hetero) is 1. The summed E-state index contributed by atoms with van der Waals surface area (Å²) in [5.74, 6) is 0.641. The minimum atomic E-state index is -0.0694. The van der Waals surface area contributed by atoms with E-state index in [1.54, 1.807) is 0 Å². The minimum absolute atomic E-state index is 0.0168. The second-order valence-electron chi connectivity index (χ2n) is 13.2. The van der Waals surface area contributed by atoms with Gasteiger partial charge in [0.25, 0.3) is 0 Å². The Kier molecular flexibility index (Phi) is 32.3. The zero-order chi connectivity index (χ0) is 31.6. The molecule has 4 heteroatoms. The van der Waals surface area contributed by atoms with Gasteiger partial charge in [0.1, 0.15) is 12.1 Å². The number of hydrogen-bond acceptors (Lipinski definition) is 4. The van der Waals surface area contributed by atoms with Crippen molar-refractivity contribution < 1.29 is 19.1 Å². The highest BCUT2D eigenvalue weighted by Crippen LogP contribution is 2.22. The molecule has 0 saturated carbocycles. The van der Waals surface area contributed by atoms with Gasteiger partial charge in [-0.3, -0.25) is 9.59 Å². The van der Waals surface area contributed by atoms with Crippen LogP contribution in [-0.2, 0) is 19.1 Å². The molecule has 0 aliphatic carbocycles. The molecule has 0 aromatic carbocycles. The molecule has 0 spiro atoms. The summed E-state index contributed by atoms with van der Waals surface area (Å²) in [4.78, 5) is 35.3. The molecule has 0 aromatic heterocycles. The number of carbonyl (C=O) groups is 3. The molecule has 1 unspecified atom stereocenters. The molecule has 0 heterocycles. The fraction of sp³-hybridized carbons (Fsp3) is 0.872. The molecule has 0 aromatic rings. The van der Waals surface area contributed by atoms with Crippen LogP contribution in [0.2, 0.25) is 0 Å². The average Bonchev–Trinajstić information content (AvgIpc) is 2.98. The molecule has 0 N–H and O–H groups in total. The van der Waals surface area contributed by atoms with Gasteiger partial charge in [0.05, 0.1) is 6.10 Å². The summed E-state index contributed by atoms with van der Waals surface area (Å²) in [5.41, 5.74) is 0. The third-order valence-corrected chi connectivity index (χ3v) is 8.57. The Hall–Kier alpha value is -1.45. The molecule has 0 radical (unpaired) electrons. The number of hydrogen-bond donors (Lipinski definition) is 0. The molecule has 0 bridgehead atoms. The first-order valence-corrected chi connectivity index (χ1v) is 18.8. The standard InChI is InChI=1S/C39H72O4/c1-4-5-6-7-8-9-10-11-12-13-14-15-19-22-28-33-38(41)37(32-27-24-25-30-35-40)31-26-21-18-16-17-20-23-29-34-39(42)43-36(2)3/h11-12,35-37H,4-10,13-34H2,1-3H3. The van der Waals surface area contributed by atoms with Crippen LogP contribution < -0.4 is 0 Å². The monoisotopic (exact) mass is 605 g/mol. The van der Waals surface area contributed by atoms with E-state index < -0.39 is 0 Å². The van der Waals surface area contributed by atoms with Crippen LogP contribution in [0.25, 0.3) is 0 Å². The molecular formula is C39H72O4. The molecule has 4 nitrogen and oxygen atoms in total. The first-order valence-electron chi connectivity index (χ1n) is 18.8. The molecule has 0 amide bonds. The third-order valence-electron chi connectivity index (χ3n) is 8.57. The van der Waals surface area contributed by atoms with Gasteiger partial charge < -0.3 is 9.53 Å². The quantitative estimate of drug-likeness (QED) is 0.0317. The second kappa shape index (κ2) is 33.4. The van der Waals surface area contributed by atoms with Crippen molar-refractivity contribution in [2.75, 3.05) is 0 Å². The highest BCUT2D eigenvalue weighted by atomic mass is 16.5. The lowest BCUT2D eigenvalue weighted by Gasteiger charge is -2.16. The van der Waals surface area contributed by atoms with Crippen LogP contribution in [0.4, 0.5) is 0 Å². The van der Waals surface area contributed by atoms with E-state index in [2.05, 4.69) is 19.1 Å². The second-order valence-corrected chi connectivity index (χ2v) is 13.2. The molecule has 1 atom stereocenters. The highest BCUT2D eigenvalue weighted by molar-refractivity contribution is 5.80. The summed E-state index contributed by atoms with van der Waals surface area (Å²) in [7, 11) is 0. The van der Waals surface area contributed by atoms with E-state index >= 15 is 0 Å². The van der Waals surface area contributed by atoms with Gasteiger partial charge >= 0.3 is 5.97 Å². The van der Waals surface area contributed by atoms with E-state index in [4.69, 9.17) is 4.74 Å². The summed E-state index contributed by atoms with van der Waals surface area (Å²) in [6.07, 6.45) is 38.8. The topological polar surface area (TPSA) is 60.4 Å². The van der Waals surface area contributed by atoms with Crippen molar-refractivity contribution in [1.82, 2.24) is 0 Å². The molecule has 0 saturated heterocycles. The van der Waals surface area contributed by atoms with Crippen LogP contribution in [0, 0.1) is 5.92 Å². The van der Waals surface area contributed by atoms with Crippen molar-refractivity contribution in [3.05, 3.63) is 12.2 Å². The van der Waals surface area contributed by atoms with Crippen molar-refractivity contribution in [3.8, 4) is 0 Å². The molecule has 43 heavy (non-hydrogen) atoms. The summed E-state index contributed by atoms with van der Waals surface area (Å²) in [6.45, 7) is 6.06.